The summed E-state index contributed by atoms with van der Waals surface area (Å²) in [4.78, 5) is 31.4. The highest BCUT2D eigenvalue weighted by Gasteiger charge is 2.38. The van der Waals surface area contributed by atoms with Gasteiger partial charge in [0.1, 0.15) is 5.71 Å². The molecular weight excluding hydrogens is 443 g/mol. The van der Waals surface area contributed by atoms with Crippen LogP contribution in [0.25, 0.3) is 0 Å². The van der Waals surface area contributed by atoms with E-state index in [4.69, 9.17) is 34.5 Å². The van der Waals surface area contributed by atoms with Crippen molar-refractivity contribution in [3.63, 3.8) is 0 Å². The monoisotopic (exact) mass is 462 g/mol. The third kappa shape index (κ3) is 5.04. The minimum Gasteiger partial charge on any atom is -0.384 e. The number of terminal acetylenes is 1. The number of oxime groups is 1. The average Bonchev–Trinajstić information content (AvgIpc) is 3.27. The largest absolute Gasteiger partial charge is 0.384 e. The molecule has 1 unspecified atom stereocenters. The van der Waals surface area contributed by atoms with Gasteiger partial charge in [-0.1, -0.05) is 28.4 Å². The molecule has 156 valence electrons. The van der Waals surface area contributed by atoms with Crippen molar-refractivity contribution in [2.45, 2.75) is 38.7 Å². The van der Waals surface area contributed by atoms with Crippen molar-refractivity contribution in [1.82, 2.24) is 5.32 Å². The second kappa shape index (κ2) is 9.22. The molecule has 0 radical (unpaired) electrons. The van der Waals surface area contributed by atoms with Crippen LogP contribution in [0.5, 0.6) is 0 Å². The van der Waals surface area contributed by atoms with Crippen molar-refractivity contribution in [3.05, 3.63) is 55.2 Å². The van der Waals surface area contributed by atoms with Crippen molar-refractivity contribution in [2.24, 2.45) is 5.16 Å². The van der Waals surface area contributed by atoms with Gasteiger partial charge >= 0.3 is 0 Å². The molecular formula is C22H20Cl2N2O3S. The highest BCUT2D eigenvalue weighted by molar-refractivity contribution is 7.16. The molecule has 1 amide bonds. The van der Waals surface area contributed by atoms with Gasteiger partial charge in [-0.15, -0.1) is 23.7 Å². The molecule has 0 fully saturated rings. The summed E-state index contributed by atoms with van der Waals surface area (Å²) in [6.07, 6.45) is 6.29. The fraction of sp³-hybridized carbons (Fsp3) is 0.318. The van der Waals surface area contributed by atoms with Crippen LogP contribution in [0.2, 0.25) is 10.0 Å². The molecule has 2 heterocycles. The zero-order valence-electron chi connectivity index (χ0n) is 16.6. The van der Waals surface area contributed by atoms with E-state index < -0.39 is 5.60 Å². The van der Waals surface area contributed by atoms with E-state index in [2.05, 4.69) is 16.4 Å². The first kappa shape index (κ1) is 22.4. The number of halogens is 2. The Bertz CT molecular complexity index is 1050. The lowest BCUT2D eigenvalue weighted by molar-refractivity contribution is -0.118. The number of ketones is 1. The Morgan fingerprint density at radius 1 is 1.30 bits per heavy atom. The first-order valence-corrected chi connectivity index (χ1v) is 10.8. The summed E-state index contributed by atoms with van der Waals surface area (Å²) in [7, 11) is 0. The third-order valence-corrected chi connectivity index (χ3v) is 6.46. The maximum Gasteiger partial charge on any atom is 0.262 e. The average molecular weight is 463 g/mol. The number of rotatable bonds is 7. The van der Waals surface area contributed by atoms with E-state index in [-0.39, 0.29) is 24.7 Å². The van der Waals surface area contributed by atoms with Crippen LogP contribution in [0, 0.1) is 19.3 Å². The summed E-state index contributed by atoms with van der Waals surface area (Å²) in [5.74, 6) is 2.03. The number of hydrogen-bond acceptors (Lipinski definition) is 5. The molecule has 3 rings (SSSR count). The van der Waals surface area contributed by atoms with Crippen LogP contribution < -0.4 is 5.32 Å². The third-order valence-electron chi connectivity index (χ3n) is 4.74. The number of hydrogen-bond donors (Lipinski definition) is 1. The van der Waals surface area contributed by atoms with Gasteiger partial charge in [-0.05, 0) is 43.7 Å². The fourth-order valence-corrected chi connectivity index (χ4v) is 4.69. The van der Waals surface area contributed by atoms with Crippen molar-refractivity contribution >= 4 is 51.9 Å². The number of nitrogens with zero attached hydrogens (tertiary/aromatic N) is 1. The predicted octanol–water partition coefficient (Wildman–Crippen LogP) is 5.12. The zero-order valence-corrected chi connectivity index (χ0v) is 18.9. The lowest BCUT2D eigenvalue weighted by Gasteiger charge is -2.22. The normalized spacial score (nSPS) is 17.8. The fourth-order valence-electron chi connectivity index (χ4n) is 3.09. The smallest absolute Gasteiger partial charge is 0.262 e. The van der Waals surface area contributed by atoms with Crippen molar-refractivity contribution in [3.8, 4) is 12.3 Å². The molecule has 0 saturated carbocycles. The lowest BCUT2D eigenvalue weighted by atomic mass is 9.90. The molecule has 0 aliphatic carbocycles. The number of amides is 1. The molecule has 8 heteroatoms. The number of carbonyl (C=O) groups excluding carboxylic acids is 2. The van der Waals surface area contributed by atoms with Gasteiger partial charge in [0, 0.05) is 34.9 Å². The van der Waals surface area contributed by atoms with Crippen LogP contribution in [0.3, 0.4) is 0 Å². The molecule has 1 aromatic carbocycles. The number of thiophene rings is 1. The van der Waals surface area contributed by atoms with E-state index in [0.29, 0.717) is 27.8 Å². The molecule has 1 aliphatic rings. The molecule has 1 N–H and O–H groups in total. The number of benzene rings is 1. The highest BCUT2D eigenvalue weighted by atomic mass is 35.5. The minimum absolute atomic E-state index is 0.0369. The Balaban J connectivity index is 1.70. The SMILES string of the molecule is C#CCCC(=O)CNC(=O)c1sc(C2=NOC(C)(c3cc(Cl)cc(Cl)c3)C2)cc1C. The number of nitrogens with one attached hydrogen (secondary N) is 1. The summed E-state index contributed by atoms with van der Waals surface area (Å²) in [5.41, 5.74) is 1.68. The molecule has 0 saturated heterocycles. The van der Waals surface area contributed by atoms with E-state index in [9.17, 15) is 9.59 Å². The van der Waals surface area contributed by atoms with E-state index in [1.54, 1.807) is 6.07 Å². The van der Waals surface area contributed by atoms with Crippen LogP contribution in [-0.4, -0.2) is 23.9 Å². The van der Waals surface area contributed by atoms with Crippen LogP contribution in [0.1, 0.15) is 51.9 Å². The Hall–Kier alpha value is -2.33. The summed E-state index contributed by atoms with van der Waals surface area (Å²) in [6, 6.07) is 7.18. The second-order valence-electron chi connectivity index (χ2n) is 7.24. The maximum atomic E-state index is 12.5. The quantitative estimate of drug-likeness (QED) is 0.580. The molecule has 5 nitrogen and oxygen atoms in total. The highest BCUT2D eigenvalue weighted by Crippen LogP contribution is 2.39. The lowest BCUT2D eigenvalue weighted by Crippen LogP contribution is -2.29. The summed E-state index contributed by atoms with van der Waals surface area (Å²) >= 11 is 13.6. The Morgan fingerprint density at radius 2 is 2.00 bits per heavy atom. The van der Waals surface area contributed by atoms with Gasteiger partial charge in [0.25, 0.3) is 5.91 Å². The molecule has 1 aromatic heterocycles. The maximum absolute atomic E-state index is 12.5. The van der Waals surface area contributed by atoms with Gasteiger partial charge in [0.15, 0.2) is 11.4 Å². The minimum atomic E-state index is -0.701. The second-order valence-corrected chi connectivity index (χ2v) is 9.17. The van der Waals surface area contributed by atoms with Crippen LogP contribution in [-0.2, 0) is 15.2 Å². The van der Waals surface area contributed by atoms with Crippen LogP contribution in [0.4, 0.5) is 0 Å². The van der Waals surface area contributed by atoms with Gasteiger partial charge < -0.3 is 10.2 Å². The van der Waals surface area contributed by atoms with Crippen molar-refractivity contribution < 1.29 is 14.4 Å². The topological polar surface area (TPSA) is 67.8 Å². The van der Waals surface area contributed by atoms with Gasteiger partial charge in [-0.2, -0.15) is 0 Å². The number of carbonyl (C=O) groups is 2. The van der Waals surface area contributed by atoms with Crippen LogP contribution >= 0.6 is 34.5 Å². The summed E-state index contributed by atoms with van der Waals surface area (Å²) in [5, 5.41) is 7.97. The molecule has 0 spiro atoms. The van der Waals surface area contributed by atoms with E-state index in [0.717, 1.165) is 21.7 Å². The Labute approximate surface area is 189 Å². The van der Waals surface area contributed by atoms with Gasteiger partial charge in [0.2, 0.25) is 0 Å². The van der Waals surface area contributed by atoms with Crippen molar-refractivity contribution in [2.75, 3.05) is 6.54 Å². The Kier molecular flexibility index (Phi) is 6.87. The first-order chi connectivity index (χ1) is 14.2. The number of Topliss-reactive ketones (excluding diaryl/α,β-unsaturated/α-hetero) is 1. The standard InChI is InChI=1S/C22H20Cl2N2O3S/c1-4-5-6-17(27)12-25-21(28)20-13(2)7-19(30-20)18-11-22(3,29-26-18)14-8-15(23)10-16(24)9-14/h1,7-10H,5-6,11-12H2,2-3H3,(H,25,28). The first-order valence-electron chi connectivity index (χ1n) is 9.27. The summed E-state index contributed by atoms with van der Waals surface area (Å²) < 4.78 is 0. The Morgan fingerprint density at radius 3 is 2.67 bits per heavy atom. The summed E-state index contributed by atoms with van der Waals surface area (Å²) in [6.45, 7) is 3.73. The molecule has 1 atom stereocenters. The van der Waals surface area contributed by atoms with Gasteiger partial charge in [0.05, 0.1) is 16.3 Å². The number of aryl methyl sites for hydroxylation is 1. The predicted molar refractivity (Wildman–Crippen MR) is 121 cm³/mol. The molecule has 0 bridgehead atoms. The van der Waals surface area contributed by atoms with E-state index >= 15 is 0 Å². The molecule has 2 aromatic rings. The van der Waals surface area contributed by atoms with Gasteiger partial charge in [-0.3, -0.25) is 9.59 Å². The van der Waals surface area contributed by atoms with E-state index in [1.165, 1.54) is 11.3 Å². The zero-order chi connectivity index (χ0) is 21.9. The molecule has 1 aliphatic heterocycles. The van der Waals surface area contributed by atoms with Crippen molar-refractivity contribution in [1.29, 1.82) is 0 Å². The van der Waals surface area contributed by atoms with E-state index in [1.807, 2.05) is 32.0 Å². The molecule has 30 heavy (non-hydrogen) atoms. The van der Waals surface area contributed by atoms with Gasteiger partial charge in [-0.25, -0.2) is 0 Å². The van der Waals surface area contributed by atoms with Crippen LogP contribution in [0.15, 0.2) is 29.4 Å².